The Morgan fingerprint density at radius 1 is 1.23 bits per heavy atom. The van der Waals surface area contributed by atoms with Crippen molar-refractivity contribution in [2.45, 2.75) is 26.3 Å². The van der Waals surface area contributed by atoms with Crippen molar-refractivity contribution in [1.82, 2.24) is 0 Å². The van der Waals surface area contributed by atoms with E-state index in [1.807, 2.05) is 26.0 Å². The predicted molar refractivity (Wildman–Crippen MR) is 81.8 cm³/mol. The standard InChI is InChI=1S/C17H21NO4/c1-9-8-10(2)15-14(17(20)21)13(9)16(19)18(15)11-4-6-12(22-3)7-5-11/h4-7,9-10,13-15H,8H2,1-3H3,(H,20,21). The second kappa shape index (κ2) is 5.30. The van der Waals surface area contributed by atoms with E-state index in [2.05, 4.69) is 0 Å². The van der Waals surface area contributed by atoms with E-state index in [0.29, 0.717) is 0 Å². The third kappa shape index (κ3) is 2.07. The van der Waals surface area contributed by atoms with Crippen LogP contribution in [0.15, 0.2) is 24.3 Å². The zero-order valence-corrected chi connectivity index (χ0v) is 13.0. The van der Waals surface area contributed by atoms with Crippen molar-refractivity contribution in [3.8, 4) is 5.75 Å². The van der Waals surface area contributed by atoms with Crippen LogP contribution in [0.5, 0.6) is 5.75 Å². The molecule has 1 heterocycles. The van der Waals surface area contributed by atoms with Crippen LogP contribution in [-0.2, 0) is 9.59 Å². The van der Waals surface area contributed by atoms with Crippen LogP contribution in [0, 0.1) is 23.7 Å². The smallest absolute Gasteiger partial charge is 0.309 e. The van der Waals surface area contributed by atoms with Gasteiger partial charge < -0.3 is 14.7 Å². The normalized spacial score (nSPS) is 33.9. The number of methoxy groups -OCH3 is 1. The molecule has 1 N–H and O–H groups in total. The van der Waals surface area contributed by atoms with Crippen LogP contribution in [0.25, 0.3) is 0 Å². The molecule has 3 rings (SSSR count). The number of nitrogens with zero attached hydrogens (tertiary/aromatic N) is 1. The number of hydrogen-bond donors (Lipinski definition) is 1. The van der Waals surface area contributed by atoms with Gasteiger partial charge in [0.1, 0.15) is 5.75 Å². The van der Waals surface area contributed by atoms with Crippen LogP contribution in [0.4, 0.5) is 5.69 Å². The maximum Gasteiger partial charge on any atom is 0.309 e. The molecule has 2 aliphatic rings. The second-order valence-electron chi connectivity index (χ2n) is 6.48. The zero-order valence-electron chi connectivity index (χ0n) is 13.0. The molecule has 5 unspecified atom stereocenters. The molecule has 0 spiro atoms. The zero-order chi connectivity index (χ0) is 16.0. The molecule has 1 aromatic carbocycles. The fourth-order valence-corrected chi connectivity index (χ4v) is 4.25. The predicted octanol–water partition coefficient (Wildman–Crippen LogP) is 2.40. The van der Waals surface area contributed by atoms with E-state index < -0.39 is 17.8 Å². The van der Waals surface area contributed by atoms with Gasteiger partial charge in [0.2, 0.25) is 5.91 Å². The summed E-state index contributed by atoms with van der Waals surface area (Å²) in [5, 5.41) is 9.62. The molecule has 118 valence electrons. The number of carboxylic acids is 1. The lowest BCUT2D eigenvalue weighted by Crippen LogP contribution is -2.45. The molecule has 5 atom stereocenters. The first-order valence-electron chi connectivity index (χ1n) is 7.65. The lowest BCUT2D eigenvalue weighted by molar-refractivity contribution is -0.147. The topological polar surface area (TPSA) is 66.8 Å². The van der Waals surface area contributed by atoms with Crippen LogP contribution in [0.1, 0.15) is 20.3 Å². The average Bonchev–Trinajstić information content (AvgIpc) is 2.76. The van der Waals surface area contributed by atoms with Crippen molar-refractivity contribution in [1.29, 1.82) is 0 Å². The highest BCUT2D eigenvalue weighted by molar-refractivity contribution is 6.02. The molecule has 1 aliphatic carbocycles. The van der Waals surface area contributed by atoms with Crippen molar-refractivity contribution in [3.05, 3.63) is 24.3 Å². The Labute approximate surface area is 129 Å². The molecule has 1 saturated heterocycles. The van der Waals surface area contributed by atoms with E-state index in [4.69, 9.17) is 4.74 Å². The number of fused-ring (bicyclic) bond motifs is 2. The Hall–Kier alpha value is -2.04. The molecule has 5 nitrogen and oxygen atoms in total. The van der Waals surface area contributed by atoms with Gasteiger partial charge in [-0.1, -0.05) is 13.8 Å². The van der Waals surface area contributed by atoms with Gasteiger partial charge in [0.05, 0.1) is 25.0 Å². The average molecular weight is 303 g/mol. The summed E-state index contributed by atoms with van der Waals surface area (Å²) in [6, 6.07) is 6.99. The van der Waals surface area contributed by atoms with Crippen molar-refractivity contribution in [3.63, 3.8) is 0 Å². The number of rotatable bonds is 3. The molecular formula is C17H21NO4. The van der Waals surface area contributed by atoms with Gasteiger partial charge in [-0.2, -0.15) is 0 Å². The van der Waals surface area contributed by atoms with E-state index in [0.717, 1.165) is 17.9 Å². The highest BCUT2D eigenvalue weighted by atomic mass is 16.5. The van der Waals surface area contributed by atoms with E-state index >= 15 is 0 Å². The Kier molecular flexibility index (Phi) is 3.59. The lowest BCUT2D eigenvalue weighted by Gasteiger charge is -2.36. The van der Waals surface area contributed by atoms with Gasteiger partial charge in [0.25, 0.3) is 0 Å². The molecular weight excluding hydrogens is 282 g/mol. The molecule has 1 aliphatic heterocycles. The number of carboxylic acid groups (broad SMARTS) is 1. The number of hydrogen-bond acceptors (Lipinski definition) is 3. The summed E-state index contributed by atoms with van der Waals surface area (Å²) in [7, 11) is 1.59. The highest BCUT2D eigenvalue weighted by Crippen LogP contribution is 2.49. The molecule has 0 aromatic heterocycles. The van der Waals surface area contributed by atoms with Gasteiger partial charge in [-0.3, -0.25) is 9.59 Å². The number of amides is 1. The number of ether oxygens (including phenoxy) is 1. The first kappa shape index (κ1) is 14.9. The van der Waals surface area contributed by atoms with Gasteiger partial charge in [-0.25, -0.2) is 0 Å². The number of carbonyl (C=O) groups excluding carboxylic acids is 1. The summed E-state index contributed by atoms with van der Waals surface area (Å²) >= 11 is 0. The Morgan fingerprint density at radius 3 is 2.41 bits per heavy atom. The van der Waals surface area contributed by atoms with Crippen molar-refractivity contribution in [2.24, 2.45) is 23.7 Å². The van der Waals surface area contributed by atoms with Crippen LogP contribution in [-0.4, -0.2) is 30.1 Å². The van der Waals surface area contributed by atoms with Crippen LogP contribution >= 0.6 is 0 Å². The van der Waals surface area contributed by atoms with Crippen LogP contribution in [0.3, 0.4) is 0 Å². The minimum Gasteiger partial charge on any atom is -0.497 e. The first-order chi connectivity index (χ1) is 10.5. The summed E-state index contributed by atoms with van der Waals surface area (Å²) in [6.45, 7) is 4.03. The molecule has 0 radical (unpaired) electrons. The number of carbonyl (C=O) groups is 2. The molecule has 2 fully saturated rings. The molecule has 22 heavy (non-hydrogen) atoms. The second-order valence-corrected chi connectivity index (χ2v) is 6.48. The van der Waals surface area contributed by atoms with Gasteiger partial charge >= 0.3 is 5.97 Å². The molecule has 2 bridgehead atoms. The van der Waals surface area contributed by atoms with E-state index in [1.54, 1.807) is 24.1 Å². The van der Waals surface area contributed by atoms with Gasteiger partial charge in [0, 0.05) is 5.69 Å². The van der Waals surface area contributed by atoms with E-state index in [-0.39, 0.29) is 23.8 Å². The van der Waals surface area contributed by atoms with E-state index in [9.17, 15) is 14.7 Å². The third-order valence-electron chi connectivity index (χ3n) is 5.15. The summed E-state index contributed by atoms with van der Waals surface area (Å²) in [5.74, 6) is -0.968. The van der Waals surface area contributed by atoms with Gasteiger partial charge in [0.15, 0.2) is 0 Å². The Bertz CT molecular complexity index is 597. The molecule has 1 amide bonds. The highest BCUT2D eigenvalue weighted by Gasteiger charge is 2.58. The van der Waals surface area contributed by atoms with E-state index in [1.165, 1.54) is 0 Å². The molecule has 1 saturated carbocycles. The van der Waals surface area contributed by atoms with Gasteiger partial charge in [-0.15, -0.1) is 0 Å². The summed E-state index contributed by atoms with van der Waals surface area (Å²) in [6.07, 6.45) is 0.886. The fraction of sp³-hybridized carbons (Fsp3) is 0.529. The minimum atomic E-state index is -0.863. The maximum absolute atomic E-state index is 12.8. The quantitative estimate of drug-likeness (QED) is 0.931. The van der Waals surface area contributed by atoms with Crippen LogP contribution in [0.2, 0.25) is 0 Å². The fourth-order valence-electron chi connectivity index (χ4n) is 4.25. The number of anilines is 1. The Balaban J connectivity index is 2.03. The number of benzene rings is 1. The van der Waals surface area contributed by atoms with Crippen LogP contribution < -0.4 is 9.64 Å². The first-order valence-corrected chi connectivity index (χ1v) is 7.65. The van der Waals surface area contributed by atoms with Crippen molar-refractivity contribution in [2.75, 3.05) is 12.0 Å². The summed E-state index contributed by atoms with van der Waals surface area (Å²) < 4.78 is 5.15. The van der Waals surface area contributed by atoms with Crippen molar-refractivity contribution >= 4 is 17.6 Å². The SMILES string of the molecule is COc1ccc(N2C(=O)C3C(C)CC(C)C2C3C(=O)O)cc1. The summed E-state index contributed by atoms with van der Waals surface area (Å²) in [5.41, 5.74) is 0.755. The van der Waals surface area contributed by atoms with Gasteiger partial charge in [-0.05, 0) is 42.5 Å². The largest absolute Gasteiger partial charge is 0.497 e. The minimum absolute atomic E-state index is 0.0561. The number of aliphatic carboxylic acids is 1. The monoisotopic (exact) mass is 303 g/mol. The maximum atomic E-state index is 12.8. The summed E-state index contributed by atoms with van der Waals surface area (Å²) in [4.78, 5) is 26.3. The Morgan fingerprint density at radius 2 is 1.86 bits per heavy atom. The third-order valence-corrected chi connectivity index (χ3v) is 5.15. The molecule has 5 heteroatoms. The van der Waals surface area contributed by atoms with Crippen molar-refractivity contribution < 1.29 is 19.4 Å². The molecule has 1 aromatic rings. The lowest BCUT2D eigenvalue weighted by atomic mass is 9.69.